The van der Waals surface area contributed by atoms with Gasteiger partial charge in [0.25, 0.3) is 11.8 Å². The summed E-state index contributed by atoms with van der Waals surface area (Å²) < 4.78 is 25.6. The third-order valence-corrected chi connectivity index (χ3v) is 5.56. The highest BCUT2D eigenvalue weighted by atomic mass is 19.1. The largest absolute Gasteiger partial charge is 0.477 e. The fourth-order valence-corrected chi connectivity index (χ4v) is 3.94. The predicted octanol–water partition coefficient (Wildman–Crippen LogP) is 1.99. The lowest BCUT2D eigenvalue weighted by Crippen LogP contribution is -2.49. The van der Waals surface area contributed by atoms with Crippen LogP contribution >= 0.6 is 0 Å². The molecule has 10 nitrogen and oxygen atoms in total. The number of hydrogen-bond donors (Lipinski definition) is 2. The Labute approximate surface area is 197 Å². The predicted molar refractivity (Wildman–Crippen MR) is 119 cm³/mol. The summed E-state index contributed by atoms with van der Waals surface area (Å²) in [6, 6.07) is 3.59. The molecule has 34 heavy (non-hydrogen) atoms. The molecule has 0 saturated carbocycles. The minimum atomic E-state index is -0.822. The van der Waals surface area contributed by atoms with Crippen LogP contribution in [0.4, 0.5) is 9.18 Å². The van der Waals surface area contributed by atoms with Crippen molar-refractivity contribution in [2.45, 2.75) is 64.7 Å². The first kappa shape index (κ1) is 25.3. The van der Waals surface area contributed by atoms with Crippen molar-refractivity contribution >= 4 is 23.8 Å². The zero-order valence-electron chi connectivity index (χ0n) is 19.9. The van der Waals surface area contributed by atoms with Gasteiger partial charge in [0, 0.05) is 44.6 Å². The van der Waals surface area contributed by atoms with Gasteiger partial charge in [0.2, 0.25) is 5.91 Å². The number of rotatable bonds is 4. The van der Waals surface area contributed by atoms with Crippen LogP contribution in [-0.4, -0.2) is 71.0 Å². The van der Waals surface area contributed by atoms with E-state index in [1.165, 1.54) is 19.1 Å². The molecule has 2 aliphatic rings. The Morgan fingerprint density at radius 2 is 1.74 bits per heavy atom. The van der Waals surface area contributed by atoms with E-state index in [0.29, 0.717) is 38.9 Å². The van der Waals surface area contributed by atoms with Crippen molar-refractivity contribution in [2.75, 3.05) is 19.6 Å². The van der Waals surface area contributed by atoms with Crippen LogP contribution in [-0.2, 0) is 14.3 Å². The maximum Gasteiger partial charge on any atom is 0.410 e. The van der Waals surface area contributed by atoms with E-state index >= 15 is 0 Å². The van der Waals surface area contributed by atoms with Gasteiger partial charge in [0.1, 0.15) is 5.60 Å². The van der Waals surface area contributed by atoms with E-state index < -0.39 is 29.3 Å². The van der Waals surface area contributed by atoms with Crippen molar-refractivity contribution in [3.8, 4) is 5.75 Å². The molecule has 0 unspecified atom stereocenters. The van der Waals surface area contributed by atoms with Crippen molar-refractivity contribution in [3.05, 3.63) is 29.6 Å². The Morgan fingerprint density at radius 1 is 1.06 bits per heavy atom. The number of likely N-dealkylation sites (tertiary alicyclic amines) is 2. The third kappa shape index (κ3) is 6.36. The number of hydrogen-bond acceptors (Lipinski definition) is 6. The highest BCUT2D eigenvalue weighted by Crippen LogP contribution is 2.27. The van der Waals surface area contributed by atoms with Crippen LogP contribution in [0.5, 0.6) is 5.75 Å². The summed E-state index contributed by atoms with van der Waals surface area (Å²) in [6.45, 7) is 8.15. The zero-order valence-corrected chi connectivity index (χ0v) is 19.9. The third-order valence-electron chi connectivity index (χ3n) is 5.56. The number of nitrogens with one attached hydrogen (secondary N) is 2. The fraction of sp³-hybridized carbons (Fsp3) is 0.565. The first-order chi connectivity index (χ1) is 15.9. The molecule has 1 atom stereocenters. The molecule has 11 heteroatoms. The minimum absolute atomic E-state index is 0.00489. The van der Waals surface area contributed by atoms with Gasteiger partial charge in [-0.05, 0) is 51.8 Å². The molecule has 2 aliphatic heterocycles. The molecule has 0 radical (unpaired) electrons. The molecule has 1 aromatic rings. The van der Waals surface area contributed by atoms with Gasteiger partial charge >= 0.3 is 6.09 Å². The lowest BCUT2D eigenvalue weighted by Gasteiger charge is -2.37. The topological polar surface area (TPSA) is 117 Å². The molecule has 186 valence electrons. The molecular weight excluding hydrogens is 447 g/mol. The summed E-state index contributed by atoms with van der Waals surface area (Å²) >= 11 is 0. The number of ether oxygens (including phenoxy) is 2. The molecule has 0 aliphatic carbocycles. The van der Waals surface area contributed by atoms with Crippen molar-refractivity contribution < 1.29 is 33.0 Å². The molecule has 3 rings (SSSR count). The molecular formula is C23H31FN4O6. The molecule has 2 saturated heterocycles. The van der Waals surface area contributed by atoms with E-state index in [-0.39, 0.29) is 29.4 Å². The van der Waals surface area contributed by atoms with Crippen molar-refractivity contribution in [1.29, 1.82) is 0 Å². The van der Waals surface area contributed by atoms with E-state index in [0.717, 1.165) is 6.07 Å². The van der Waals surface area contributed by atoms with Gasteiger partial charge in [-0.15, -0.1) is 0 Å². The van der Waals surface area contributed by atoms with Crippen LogP contribution in [0.2, 0.25) is 0 Å². The van der Waals surface area contributed by atoms with Gasteiger partial charge in [-0.1, -0.05) is 0 Å². The average Bonchev–Trinajstić information content (AvgIpc) is 3.12. The van der Waals surface area contributed by atoms with Crippen LogP contribution in [0.25, 0.3) is 0 Å². The summed E-state index contributed by atoms with van der Waals surface area (Å²) in [5.41, 5.74) is 3.71. The quantitative estimate of drug-likeness (QED) is 0.639. The number of nitrogens with zero attached hydrogens (tertiary/aromatic N) is 2. The van der Waals surface area contributed by atoms with Crippen LogP contribution in [0.15, 0.2) is 18.2 Å². The maximum atomic E-state index is 14.5. The SMILES string of the molecule is CC(=O)NNC(=O)c1ccc(O[C@H]2CCN(C3CCN(C(=O)OC(C)(C)C)CC3)C2=O)c(F)c1. The van der Waals surface area contributed by atoms with E-state index in [4.69, 9.17) is 9.47 Å². The molecule has 2 heterocycles. The second-order valence-corrected chi connectivity index (χ2v) is 9.41. The molecule has 0 bridgehead atoms. The number of carbonyl (C=O) groups excluding carboxylic acids is 4. The molecule has 0 aromatic heterocycles. The fourth-order valence-electron chi connectivity index (χ4n) is 3.94. The number of piperidine rings is 1. The summed E-state index contributed by atoms with van der Waals surface area (Å²) in [4.78, 5) is 51.4. The first-order valence-electron chi connectivity index (χ1n) is 11.3. The van der Waals surface area contributed by atoms with Crippen LogP contribution in [0.3, 0.4) is 0 Å². The van der Waals surface area contributed by atoms with Gasteiger partial charge in [0.15, 0.2) is 17.7 Å². The monoisotopic (exact) mass is 478 g/mol. The molecule has 4 amide bonds. The number of halogens is 1. The second-order valence-electron chi connectivity index (χ2n) is 9.41. The van der Waals surface area contributed by atoms with Crippen molar-refractivity contribution in [3.63, 3.8) is 0 Å². The number of carbonyl (C=O) groups is 4. The maximum absolute atomic E-state index is 14.5. The minimum Gasteiger partial charge on any atom is -0.477 e. The highest BCUT2D eigenvalue weighted by molar-refractivity contribution is 5.95. The van der Waals surface area contributed by atoms with Crippen molar-refractivity contribution in [2.24, 2.45) is 0 Å². The van der Waals surface area contributed by atoms with Crippen LogP contribution in [0, 0.1) is 5.82 Å². The number of amides is 4. The van der Waals surface area contributed by atoms with Gasteiger partial charge < -0.3 is 19.3 Å². The van der Waals surface area contributed by atoms with Crippen LogP contribution in [0.1, 0.15) is 57.3 Å². The van der Waals surface area contributed by atoms with Gasteiger partial charge in [-0.2, -0.15) is 0 Å². The Bertz CT molecular complexity index is 955. The standard InChI is InChI=1S/C23H31FN4O6/c1-14(29)25-26-20(30)15-5-6-18(17(24)13-15)33-19-9-12-28(21(19)31)16-7-10-27(11-8-16)22(32)34-23(2,3)4/h5-6,13,16,19H,7-12H2,1-4H3,(H,25,29)(H,26,30)/t19-/m0/s1. The average molecular weight is 479 g/mol. The highest BCUT2D eigenvalue weighted by Gasteiger charge is 2.39. The first-order valence-corrected chi connectivity index (χ1v) is 11.3. The summed E-state index contributed by atoms with van der Waals surface area (Å²) in [6.07, 6.45) is 0.492. The lowest BCUT2D eigenvalue weighted by molar-refractivity contribution is -0.136. The normalized spacial score (nSPS) is 19.1. The lowest BCUT2D eigenvalue weighted by atomic mass is 10.0. The molecule has 2 N–H and O–H groups in total. The van der Waals surface area contributed by atoms with E-state index in [1.807, 2.05) is 20.8 Å². The second kappa shape index (κ2) is 10.3. The molecule has 0 spiro atoms. The zero-order chi connectivity index (χ0) is 25.0. The Morgan fingerprint density at radius 3 is 2.32 bits per heavy atom. The summed E-state index contributed by atoms with van der Waals surface area (Å²) in [5.74, 6) is -2.28. The summed E-state index contributed by atoms with van der Waals surface area (Å²) in [7, 11) is 0. The Kier molecular flexibility index (Phi) is 7.63. The molecule has 2 fully saturated rings. The van der Waals surface area contributed by atoms with Gasteiger partial charge in [0.05, 0.1) is 0 Å². The summed E-state index contributed by atoms with van der Waals surface area (Å²) in [5, 5.41) is 0. The van der Waals surface area contributed by atoms with E-state index in [1.54, 1.807) is 9.80 Å². The van der Waals surface area contributed by atoms with Gasteiger partial charge in [-0.3, -0.25) is 25.2 Å². The van der Waals surface area contributed by atoms with Gasteiger partial charge in [-0.25, -0.2) is 9.18 Å². The smallest absolute Gasteiger partial charge is 0.410 e. The Balaban J connectivity index is 1.53. The molecule has 1 aromatic carbocycles. The Hall–Kier alpha value is -3.37. The van der Waals surface area contributed by atoms with E-state index in [2.05, 4.69) is 10.9 Å². The number of benzene rings is 1. The van der Waals surface area contributed by atoms with E-state index in [9.17, 15) is 23.6 Å². The van der Waals surface area contributed by atoms with Crippen LogP contribution < -0.4 is 15.6 Å². The number of hydrazine groups is 1. The van der Waals surface area contributed by atoms with Crippen molar-refractivity contribution in [1.82, 2.24) is 20.7 Å².